The molecule has 1 heterocycles. The van der Waals surface area contributed by atoms with Gasteiger partial charge >= 0.3 is 0 Å². The summed E-state index contributed by atoms with van der Waals surface area (Å²) in [6.07, 6.45) is 0.924. The van der Waals surface area contributed by atoms with Crippen LogP contribution in [0.2, 0.25) is 0 Å². The number of nitrogens with two attached hydrogens (primary N) is 1. The van der Waals surface area contributed by atoms with Crippen molar-refractivity contribution in [2.24, 2.45) is 5.73 Å². The van der Waals surface area contributed by atoms with Crippen LogP contribution in [0.15, 0.2) is 24.3 Å². The first kappa shape index (κ1) is 13.7. The van der Waals surface area contributed by atoms with Gasteiger partial charge in [-0.3, -0.25) is 4.79 Å². The molecule has 1 aliphatic heterocycles. The SMILES string of the molecule is CNC(C)(CN1CCCOc2ccccc21)C(N)=O. The van der Waals surface area contributed by atoms with Crippen molar-refractivity contribution in [2.45, 2.75) is 18.9 Å². The molecule has 0 fully saturated rings. The van der Waals surface area contributed by atoms with E-state index < -0.39 is 5.54 Å². The minimum atomic E-state index is -0.753. The largest absolute Gasteiger partial charge is 0.491 e. The van der Waals surface area contributed by atoms with E-state index in [0.717, 1.165) is 24.4 Å². The fraction of sp³-hybridized carbons (Fsp3) is 0.500. The smallest absolute Gasteiger partial charge is 0.239 e. The van der Waals surface area contributed by atoms with E-state index in [1.54, 1.807) is 7.05 Å². The molecule has 1 aromatic rings. The van der Waals surface area contributed by atoms with Gasteiger partial charge < -0.3 is 20.7 Å². The Morgan fingerprint density at radius 1 is 1.53 bits per heavy atom. The van der Waals surface area contributed by atoms with E-state index in [4.69, 9.17) is 10.5 Å². The molecule has 0 bridgehead atoms. The molecule has 0 spiro atoms. The van der Waals surface area contributed by atoms with Gasteiger partial charge in [0.25, 0.3) is 0 Å². The lowest BCUT2D eigenvalue weighted by atomic mass is 10.0. The van der Waals surface area contributed by atoms with Crippen LogP contribution in [0.25, 0.3) is 0 Å². The molecule has 0 saturated carbocycles. The summed E-state index contributed by atoms with van der Waals surface area (Å²) in [5.74, 6) is 0.514. The number of carbonyl (C=O) groups is 1. The topological polar surface area (TPSA) is 67.6 Å². The number of benzene rings is 1. The molecule has 0 aromatic heterocycles. The number of anilines is 1. The van der Waals surface area contributed by atoms with Crippen LogP contribution in [0.4, 0.5) is 5.69 Å². The van der Waals surface area contributed by atoms with Crippen LogP contribution in [0, 0.1) is 0 Å². The number of likely N-dealkylation sites (N-methyl/N-ethyl adjacent to an activating group) is 1. The van der Waals surface area contributed by atoms with Crippen LogP contribution in [0.1, 0.15) is 13.3 Å². The van der Waals surface area contributed by atoms with Gasteiger partial charge in [0, 0.05) is 13.1 Å². The van der Waals surface area contributed by atoms with E-state index in [1.807, 2.05) is 31.2 Å². The molecule has 5 nitrogen and oxygen atoms in total. The molecule has 2 rings (SSSR count). The molecular weight excluding hydrogens is 242 g/mol. The molecule has 1 amide bonds. The van der Waals surface area contributed by atoms with E-state index in [0.29, 0.717) is 13.2 Å². The molecule has 0 radical (unpaired) electrons. The lowest BCUT2D eigenvalue weighted by Crippen LogP contribution is -2.58. The lowest BCUT2D eigenvalue weighted by molar-refractivity contribution is -0.123. The number of amides is 1. The van der Waals surface area contributed by atoms with Crippen molar-refractivity contribution in [3.8, 4) is 5.75 Å². The van der Waals surface area contributed by atoms with Gasteiger partial charge in [-0.1, -0.05) is 12.1 Å². The van der Waals surface area contributed by atoms with Gasteiger partial charge in [-0.25, -0.2) is 0 Å². The summed E-state index contributed by atoms with van der Waals surface area (Å²) in [6, 6.07) is 7.89. The molecule has 1 atom stereocenters. The number of hydrogen-bond acceptors (Lipinski definition) is 4. The number of ether oxygens (including phenoxy) is 1. The molecule has 1 aliphatic rings. The monoisotopic (exact) mass is 263 g/mol. The van der Waals surface area contributed by atoms with Gasteiger partial charge in [-0.15, -0.1) is 0 Å². The average molecular weight is 263 g/mol. The Labute approximate surface area is 113 Å². The fourth-order valence-electron chi connectivity index (χ4n) is 2.22. The summed E-state index contributed by atoms with van der Waals surface area (Å²) in [5, 5.41) is 3.02. The maximum atomic E-state index is 11.6. The molecule has 1 aromatic carbocycles. The van der Waals surface area contributed by atoms with Crippen LogP contribution in [-0.2, 0) is 4.79 Å². The van der Waals surface area contributed by atoms with Crippen molar-refractivity contribution in [3.05, 3.63) is 24.3 Å². The second kappa shape index (κ2) is 5.48. The van der Waals surface area contributed by atoms with Crippen LogP contribution < -0.4 is 20.7 Å². The summed E-state index contributed by atoms with van der Waals surface area (Å²) in [7, 11) is 1.75. The van der Waals surface area contributed by atoms with E-state index in [2.05, 4.69) is 10.2 Å². The number of rotatable bonds is 4. The number of para-hydroxylation sites is 2. The van der Waals surface area contributed by atoms with Crippen LogP contribution in [-0.4, -0.2) is 38.2 Å². The molecule has 1 unspecified atom stereocenters. The first-order valence-electron chi connectivity index (χ1n) is 6.52. The number of fused-ring (bicyclic) bond motifs is 1. The molecular formula is C14H21N3O2. The summed E-state index contributed by atoms with van der Waals surface area (Å²) in [6.45, 7) is 3.89. The normalized spacial score (nSPS) is 17.9. The van der Waals surface area contributed by atoms with Gasteiger partial charge in [0.1, 0.15) is 11.3 Å². The van der Waals surface area contributed by atoms with Crippen molar-refractivity contribution in [1.29, 1.82) is 0 Å². The maximum Gasteiger partial charge on any atom is 0.239 e. The predicted molar refractivity (Wildman–Crippen MR) is 75.4 cm³/mol. The van der Waals surface area contributed by atoms with E-state index >= 15 is 0 Å². The summed E-state index contributed by atoms with van der Waals surface area (Å²) in [5.41, 5.74) is 5.76. The second-order valence-corrected chi connectivity index (χ2v) is 5.04. The van der Waals surface area contributed by atoms with E-state index in [-0.39, 0.29) is 5.91 Å². The Morgan fingerprint density at radius 3 is 2.95 bits per heavy atom. The van der Waals surface area contributed by atoms with Crippen molar-refractivity contribution >= 4 is 11.6 Å². The highest BCUT2D eigenvalue weighted by molar-refractivity contribution is 5.85. The average Bonchev–Trinajstić information content (AvgIpc) is 2.61. The number of nitrogens with zero attached hydrogens (tertiary/aromatic N) is 1. The lowest BCUT2D eigenvalue weighted by Gasteiger charge is -2.33. The molecule has 0 aliphatic carbocycles. The number of primary amides is 1. The summed E-state index contributed by atoms with van der Waals surface area (Å²) in [4.78, 5) is 13.8. The van der Waals surface area contributed by atoms with Gasteiger partial charge in [0.15, 0.2) is 0 Å². The Bertz CT molecular complexity index is 464. The standard InChI is InChI=1S/C14H21N3O2/c1-14(16-2,13(15)18)10-17-8-5-9-19-12-7-4-3-6-11(12)17/h3-4,6-7,16H,5,8-10H2,1-2H3,(H2,15,18). The zero-order chi connectivity index (χ0) is 13.9. The first-order chi connectivity index (χ1) is 9.07. The quantitative estimate of drug-likeness (QED) is 0.841. The maximum absolute atomic E-state index is 11.6. The molecule has 0 saturated heterocycles. The third kappa shape index (κ3) is 2.81. The van der Waals surface area contributed by atoms with Gasteiger partial charge in [-0.05, 0) is 32.5 Å². The summed E-state index contributed by atoms with van der Waals surface area (Å²) < 4.78 is 5.71. The summed E-state index contributed by atoms with van der Waals surface area (Å²) >= 11 is 0. The third-order valence-corrected chi connectivity index (χ3v) is 3.64. The van der Waals surface area contributed by atoms with E-state index in [1.165, 1.54) is 0 Å². The number of carbonyl (C=O) groups excluding carboxylic acids is 1. The number of nitrogens with one attached hydrogen (secondary N) is 1. The van der Waals surface area contributed by atoms with Crippen LogP contribution in [0.3, 0.4) is 0 Å². The molecule has 19 heavy (non-hydrogen) atoms. The minimum Gasteiger partial charge on any atom is -0.491 e. The Morgan fingerprint density at radius 2 is 2.26 bits per heavy atom. The van der Waals surface area contributed by atoms with Gasteiger partial charge in [0.2, 0.25) is 5.91 Å². The van der Waals surface area contributed by atoms with Crippen molar-refractivity contribution in [2.75, 3.05) is 31.6 Å². The van der Waals surface area contributed by atoms with Crippen molar-refractivity contribution in [3.63, 3.8) is 0 Å². The van der Waals surface area contributed by atoms with Crippen molar-refractivity contribution in [1.82, 2.24) is 5.32 Å². The van der Waals surface area contributed by atoms with Crippen LogP contribution >= 0.6 is 0 Å². The molecule has 3 N–H and O–H groups in total. The third-order valence-electron chi connectivity index (χ3n) is 3.64. The highest BCUT2D eigenvalue weighted by atomic mass is 16.5. The fourth-order valence-corrected chi connectivity index (χ4v) is 2.22. The van der Waals surface area contributed by atoms with Crippen molar-refractivity contribution < 1.29 is 9.53 Å². The Hall–Kier alpha value is -1.75. The zero-order valence-corrected chi connectivity index (χ0v) is 11.5. The Balaban J connectivity index is 2.27. The van der Waals surface area contributed by atoms with Crippen LogP contribution in [0.5, 0.6) is 5.75 Å². The van der Waals surface area contributed by atoms with E-state index in [9.17, 15) is 4.79 Å². The first-order valence-corrected chi connectivity index (χ1v) is 6.52. The number of hydrogen-bond donors (Lipinski definition) is 2. The minimum absolute atomic E-state index is 0.349. The zero-order valence-electron chi connectivity index (χ0n) is 11.5. The second-order valence-electron chi connectivity index (χ2n) is 5.04. The Kier molecular flexibility index (Phi) is 3.95. The van der Waals surface area contributed by atoms with Gasteiger partial charge in [-0.2, -0.15) is 0 Å². The molecule has 104 valence electrons. The van der Waals surface area contributed by atoms with Gasteiger partial charge in [0.05, 0.1) is 12.3 Å². The highest BCUT2D eigenvalue weighted by Crippen LogP contribution is 2.31. The predicted octanol–water partition coefficient (Wildman–Crippen LogP) is 0.739. The highest BCUT2D eigenvalue weighted by Gasteiger charge is 2.32. The molecule has 5 heteroatoms.